The molecule has 0 heterocycles. The lowest BCUT2D eigenvalue weighted by Gasteiger charge is -2.28. The quantitative estimate of drug-likeness (QED) is 0.837. The maximum atomic E-state index is 12.5. The summed E-state index contributed by atoms with van der Waals surface area (Å²) in [5.41, 5.74) is 2.41. The number of carbonyl (C=O) groups is 1. The molecule has 21 heavy (non-hydrogen) atoms. The Balaban J connectivity index is 1.71. The normalized spacial score (nSPS) is 22.0. The summed E-state index contributed by atoms with van der Waals surface area (Å²) in [6, 6.07) is 18.3. The van der Waals surface area contributed by atoms with Crippen LogP contribution in [0.2, 0.25) is 0 Å². The van der Waals surface area contributed by atoms with E-state index in [-0.39, 0.29) is 5.92 Å². The SMILES string of the molecule is COc1ccc([C@H]2CC[C@H](c3ccccc3)C(=O)C2)cc1. The molecule has 0 aliphatic heterocycles. The van der Waals surface area contributed by atoms with E-state index in [1.807, 2.05) is 30.3 Å². The molecule has 1 aliphatic carbocycles. The minimum Gasteiger partial charge on any atom is -0.497 e. The molecule has 3 rings (SSSR count). The van der Waals surface area contributed by atoms with Gasteiger partial charge in [0.2, 0.25) is 0 Å². The number of carbonyl (C=O) groups excluding carboxylic acids is 1. The van der Waals surface area contributed by atoms with Gasteiger partial charge in [-0.3, -0.25) is 4.79 Å². The van der Waals surface area contributed by atoms with Gasteiger partial charge < -0.3 is 4.74 Å². The number of ether oxygens (including phenoxy) is 1. The average molecular weight is 280 g/mol. The summed E-state index contributed by atoms with van der Waals surface area (Å²) in [7, 11) is 1.67. The van der Waals surface area contributed by atoms with Gasteiger partial charge in [-0.05, 0) is 42.0 Å². The highest BCUT2D eigenvalue weighted by Crippen LogP contribution is 2.38. The minimum absolute atomic E-state index is 0.0840. The molecule has 2 nitrogen and oxygen atoms in total. The van der Waals surface area contributed by atoms with Crippen LogP contribution in [0.25, 0.3) is 0 Å². The molecule has 2 atom stereocenters. The lowest BCUT2D eigenvalue weighted by atomic mass is 9.75. The number of ketones is 1. The molecule has 0 aromatic heterocycles. The summed E-state index contributed by atoms with van der Waals surface area (Å²) in [6.45, 7) is 0. The molecule has 2 aromatic carbocycles. The van der Waals surface area contributed by atoms with E-state index < -0.39 is 0 Å². The lowest BCUT2D eigenvalue weighted by molar-refractivity contribution is -0.122. The van der Waals surface area contributed by atoms with Gasteiger partial charge in [0, 0.05) is 12.3 Å². The highest BCUT2D eigenvalue weighted by molar-refractivity contribution is 5.87. The Morgan fingerprint density at radius 1 is 0.905 bits per heavy atom. The number of hydrogen-bond acceptors (Lipinski definition) is 2. The van der Waals surface area contributed by atoms with Crippen molar-refractivity contribution in [2.45, 2.75) is 31.1 Å². The van der Waals surface area contributed by atoms with Crippen LogP contribution in [0, 0.1) is 0 Å². The number of benzene rings is 2. The monoisotopic (exact) mass is 280 g/mol. The van der Waals surface area contributed by atoms with E-state index in [9.17, 15) is 4.79 Å². The fraction of sp³-hybridized carbons (Fsp3) is 0.316. The van der Waals surface area contributed by atoms with Crippen LogP contribution in [-0.2, 0) is 4.79 Å². The number of rotatable bonds is 3. The van der Waals surface area contributed by atoms with E-state index in [0.29, 0.717) is 18.1 Å². The molecule has 0 bridgehead atoms. The van der Waals surface area contributed by atoms with Crippen LogP contribution in [-0.4, -0.2) is 12.9 Å². The van der Waals surface area contributed by atoms with Crippen molar-refractivity contribution < 1.29 is 9.53 Å². The molecule has 108 valence electrons. The van der Waals surface area contributed by atoms with Crippen LogP contribution in [0.3, 0.4) is 0 Å². The smallest absolute Gasteiger partial charge is 0.140 e. The van der Waals surface area contributed by atoms with Crippen molar-refractivity contribution in [2.24, 2.45) is 0 Å². The molecule has 0 saturated heterocycles. The fourth-order valence-electron chi connectivity index (χ4n) is 3.21. The van der Waals surface area contributed by atoms with Crippen LogP contribution < -0.4 is 4.74 Å². The maximum Gasteiger partial charge on any atom is 0.140 e. The average Bonchev–Trinajstić information content (AvgIpc) is 2.55. The molecular weight excluding hydrogens is 260 g/mol. The summed E-state index contributed by atoms with van der Waals surface area (Å²) in [6.07, 6.45) is 2.66. The Bertz CT molecular complexity index is 601. The number of Topliss-reactive ketones (excluding diaryl/α,β-unsaturated/α-hetero) is 1. The van der Waals surface area contributed by atoms with E-state index in [4.69, 9.17) is 4.74 Å². The van der Waals surface area contributed by atoms with Crippen molar-refractivity contribution in [1.29, 1.82) is 0 Å². The van der Waals surface area contributed by atoms with E-state index in [1.54, 1.807) is 7.11 Å². The predicted molar refractivity (Wildman–Crippen MR) is 83.8 cm³/mol. The van der Waals surface area contributed by atoms with Gasteiger partial charge in [-0.15, -0.1) is 0 Å². The van der Waals surface area contributed by atoms with Gasteiger partial charge in [-0.2, -0.15) is 0 Å². The van der Waals surface area contributed by atoms with Gasteiger partial charge in [0.25, 0.3) is 0 Å². The second kappa shape index (κ2) is 6.13. The van der Waals surface area contributed by atoms with E-state index in [1.165, 1.54) is 5.56 Å². The zero-order valence-electron chi connectivity index (χ0n) is 12.3. The molecule has 1 fully saturated rings. The predicted octanol–water partition coefficient (Wildman–Crippen LogP) is 4.32. The van der Waals surface area contributed by atoms with Gasteiger partial charge >= 0.3 is 0 Å². The third-order valence-electron chi connectivity index (χ3n) is 4.43. The Kier molecular flexibility index (Phi) is 4.05. The largest absolute Gasteiger partial charge is 0.497 e. The van der Waals surface area contributed by atoms with E-state index in [2.05, 4.69) is 24.3 Å². The number of methoxy groups -OCH3 is 1. The maximum absolute atomic E-state index is 12.5. The van der Waals surface area contributed by atoms with Gasteiger partial charge in [0.1, 0.15) is 11.5 Å². The Hall–Kier alpha value is -2.09. The zero-order valence-corrected chi connectivity index (χ0v) is 12.3. The molecule has 0 radical (unpaired) electrons. The number of hydrogen-bond donors (Lipinski definition) is 0. The summed E-state index contributed by atoms with van der Waals surface area (Å²) in [5.74, 6) is 1.67. The van der Waals surface area contributed by atoms with Crippen LogP contribution in [0.4, 0.5) is 0 Å². The molecule has 0 N–H and O–H groups in total. The summed E-state index contributed by atoms with van der Waals surface area (Å²) >= 11 is 0. The summed E-state index contributed by atoms with van der Waals surface area (Å²) in [4.78, 5) is 12.5. The van der Waals surface area contributed by atoms with Crippen LogP contribution in [0.1, 0.15) is 42.2 Å². The minimum atomic E-state index is 0.0840. The zero-order chi connectivity index (χ0) is 14.7. The van der Waals surface area contributed by atoms with Gasteiger partial charge in [0.05, 0.1) is 7.11 Å². The molecule has 1 aliphatic rings. The van der Waals surface area contributed by atoms with Crippen LogP contribution >= 0.6 is 0 Å². The first-order valence-corrected chi connectivity index (χ1v) is 7.49. The molecule has 0 amide bonds. The molecule has 2 aromatic rings. The fourth-order valence-corrected chi connectivity index (χ4v) is 3.21. The second-order valence-electron chi connectivity index (χ2n) is 5.68. The van der Waals surface area contributed by atoms with Crippen molar-refractivity contribution in [3.8, 4) is 5.75 Å². The van der Waals surface area contributed by atoms with Crippen molar-refractivity contribution in [1.82, 2.24) is 0 Å². The van der Waals surface area contributed by atoms with Gasteiger partial charge in [-0.25, -0.2) is 0 Å². The molecule has 0 spiro atoms. The van der Waals surface area contributed by atoms with Crippen molar-refractivity contribution in [3.63, 3.8) is 0 Å². The van der Waals surface area contributed by atoms with Gasteiger partial charge in [0.15, 0.2) is 0 Å². The van der Waals surface area contributed by atoms with Crippen LogP contribution in [0.15, 0.2) is 54.6 Å². The third-order valence-corrected chi connectivity index (χ3v) is 4.43. The first-order valence-electron chi connectivity index (χ1n) is 7.49. The van der Waals surface area contributed by atoms with E-state index >= 15 is 0 Å². The first kappa shape index (κ1) is 13.9. The Labute approximate surface area is 125 Å². The Morgan fingerprint density at radius 3 is 2.24 bits per heavy atom. The highest BCUT2D eigenvalue weighted by Gasteiger charge is 2.30. The van der Waals surface area contributed by atoms with Crippen molar-refractivity contribution in [2.75, 3.05) is 7.11 Å². The lowest BCUT2D eigenvalue weighted by Crippen LogP contribution is -2.22. The van der Waals surface area contributed by atoms with Crippen molar-refractivity contribution >= 4 is 5.78 Å². The molecule has 1 saturated carbocycles. The standard InChI is InChI=1S/C19H20O2/c1-21-17-10-7-14(8-11-17)16-9-12-18(19(20)13-16)15-5-3-2-4-6-15/h2-8,10-11,16,18H,9,12-13H2,1H3/t16-,18+/m0/s1. The summed E-state index contributed by atoms with van der Waals surface area (Å²) < 4.78 is 5.19. The summed E-state index contributed by atoms with van der Waals surface area (Å²) in [5, 5.41) is 0. The Morgan fingerprint density at radius 2 is 1.62 bits per heavy atom. The molecule has 2 heteroatoms. The highest BCUT2D eigenvalue weighted by atomic mass is 16.5. The molecular formula is C19H20O2. The molecule has 0 unspecified atom stereocenters. The van der Waals surface area contributed by atoms with Crippen molar-refractivity contribution in [3.05, 3.63) is 65.7 Å². The van der Waals surface area contributed by atoms with Gasteiger partial charge in [-0.1, -0.05) is 42.5 Å². The van der Waals surface area contributed by atoms with E-state index in [0.717, 1.165) is 24.2 Å². The first-order chi connectivity index (χ1) is 10.3. The topological polar surface area (TPSA) is 26.3 Å². The second-order valence-corrected chi connectivity index (χ2v) is 5.68. The third kappa shape index (κ3) is 2.99. The van der Waals surface area contributed by atoms with Crippen LogP contribution in [0.5, 0.6) is 5.75 Å².